The van der Waals surface area contributed by atoms with E-state index < -0.39 is 0 Å². The smallest absolute Gasteiger partial charge is 0.224 e. The molecule has 1 aromatic heterocycles. The summed E-state index contributed by atoms with van der Waals surface area (Å²) in [5.41, 5.74) is 3.57. The van der Waals surface area contributed by atoms with Gasteiger partial charge in [0.2, 0.25) is 5.91 Å². The molecule has 2 aliphatic rings. The van der Waals surface area contributed by atoms with Crippen LogP contribution in [0.5, 0.6) is 0 Å². The number of nitrogens with zero attached hydrogens (tertiary/aromatic N) is 2. The second-order valence-corrected chi connectivity index (χ2v) is 8.71. The van der Waals surface area contributed by atoms with Gasteiger partial charge in [0, 0.05) is 42.8 Å². The molecule has 2 bridgehead atoms. The maximum absolute atomic E-state index is 12.7. The topological polar surface area (TPSA) is 37.3 Å². The van der Waals surface area contributed by atoms with E-state index in [0.29, 0.717) is 24.5 Å². The Morgan fingerprint density at radius 3 is 2.17 bits per heavy atom. The van der Waals surface area contributed by atoms with Gasteiger partial charge in [0.25, 0.3) is 0 Å². The molecule has 0 radical (unpaired) electrons. The minimum atomic E-state index is 0.143. The zero-order chi connectivity index (χ0) is 20.3. The van der Waals surface area contributed by atoms with Crippen LogP contribution in [0.3, 0.4) is 0 Å². The first-order chi connectivity index (χ1) is 14.7. The van der Waals surface area contributed by atoms with Crippen LogP contribution in [0.15, 0.2) is 79.1 Å². The fourth-order valence-electron chi connectivity index (χ4n) is 5.20. The van der Waals surface area contributed by atoms with Crippen LogP contribution in [0.4, 0.5) is 0 Å². The van der Waals surface area contributed by atoms with Gasteiger partial charge in [-0.05, 0) is 61.1 Å². The molecule has 1 amide bonds. The molecule has 4 heteroatoms. The van der Waals surface area contributed by atoms with Gasteiger partial charge in [-0.3, -0.25) is 9.69 Å². The molecular formula is C26H29N3O. The van der Waals surface area contributed by atoms with Gasteiger partial charge in [0.05, 0.1) is 6.42 Å². The maximum atomic E-state index is 12.7. The summed E-state index contributed by atoms with van der Waals surface area (Å²) < 4.78 is 2.07. The summed E-state index contributed by atoms with van der Waals surface area (Å²) >= 11 is 0. The molecule has 30 heavy (non-hydrogen) atoms. The first-order valence-electron chi connectivity index (χ1n) is 11.1. The Morgan fingerprint density at radius 2 is 1.50 bits per heavy atom. The Morgan fingerprint density at radius 1 is 0.833 bits per heavy atom. The summed E-state index contributed by atoms with van der Waals surface area (Å²) in [5.74, 6) is 0.143. The zero-order valence-electron chi connectivity index (χ0n) is 17.3. The van der Waals surface area contributed by atoms with E-state index in [1.807, 2.05) is 24.5 Å². The Balaban J connectivity index is 1.15. The molecule has 3 aromatic rings. The van der Waals surface area contributed by atoms with Gasteiger partial charge < -0.3 is 9.88 Å². The van der Waals surface area contributed by atoms with Crippen LogP contribution in [-0.2, 0) is 17.8 Å². The summed E-state index contributed by atoms with van der Waals surface area (Å²) in [6.07, 6.45) is 9.16. The van der Waals surface area contributed by atoms with Crippen LogP contribution >= 0.6 is 0 Å². The number of hydrogen-bond acceptors (Lipinski definition) is 2. The number of benzene rings is 2. The van der Waals surface area contributed by atoms with E-state index in [0.717, 1.165) is 30.6 Å². The lowest BCUT2D eigenvalue weighted by molar-refractivity contribution is -0.121. The molecule has 2 fully saturated rings. The number of carbonyl (C=O) groups excluding carboxylic acids is 1. The SMILES string of the molecule is O=C(Cc1ccc(-n2cccc2)cc1)NC1CC2CCC(C1)N2Cc1ccccc1. The Bertz CT molecular complexity index is 951. The van der Waals surface area contributed by atoms with Crippen molar-refractivity contribution in [2.45, 2.75) is 56.8 Å². The number of amides is 1. The van der Waals surface area contributed by atoms with E-state index in [1.54, 1.807) is 0 Å². The van der Waals surface area contributed by atoms with Crippen LogP contribution in [0.25, 0.3) is 5.69 Å². The van der Waals surface area contributed by atoms with Crippen LogP contribution in [0.2, 0.25) is 0 Å². The van der Waals surface area contributed by atoms with Crippen molar-refractivity contribution in [2.75, 3.05) is 0 Å². The van der Waals surface area contributed by atoms with E-state index in [9.17, 15) is 4.79 Å². The molecule has 2 aliphatic heterocycles. The summed E-state index contributed by atoms with van der Waals surface area (Å²) in [4.78, 5) is 15.3. The predicted molar refractivity (Wildman–Crippen MR) is 119 cm³/mol. The normalized spacial score (nSPS) is 23.4. The minimum Gasteiger partial charge on any atom is -0.353 e. The average Bonchev–Trinajstić information content (AvgIpc) is 3.36. The highest BCUT2D eigenvalue weighted by Crippen LogP contribution is 2.36. The van der Waals surface area contributed by atoms with Gasteiger partial charge in [-0.25, -0.2) is 0 Å². The summed E-state index contributed by atoms with van der Waals surface area (Å²) in [5, 5.41) is 3.32. The lowest BCUT2D eigenvalue weighted by Crippen LogP contribution is -2.50. The van der Waals surface area contributed by atoms with E-state index in [1.165, 1.54) is 18.4 Å². The third-order valence-electron chi connectivity index (χ3n) is 6.66. The Kier molecular flexibility index (Phi) is 5.41. The number of nitrogens with one attached hydrogen (secondary N) is 1. The first kappa shape index (κ1) is 19.1. The van der Waals surface area contributed by atoms with Crippen molar-refractivity contribution in [2.24, 2.45) is 0 Å². The maximum Gasteiger partial charge on any atom is 0.224 e. The Hall–Kier alpha value is -2.85. The van der Waals surface area contributed by atoms with Crippen molar-refractivity contribution in [3.05, 3.63) is 90.3 Å². The fraction of sp³-hybridized carbons (Fsp3) is 0.346. The number of aromatic nitrogens is 1. The van der Waals surface area contributed by atoms with Crippen LogP contribution in [0, 0.1) is 0 Å². The molecule has 2 unspecified atom stereocenters. The lowest BCUT2D eigenvalue weighted by atomic mass is 9.96. The van der Waals surface area contributed by atoms with Gasteiger partial charge in [0.1, 0.15) is 0 Å². The molecule has 2 atom stereocenters. The van der Waals surface area contributed by atoms with Crippen molar-refractivity contribution < 1.29 is 4.79 Å². The summed E-state index contributed by atoms with van der Waals surface area (Å²) in [7, 11) is 0. The highest BCUT2D eigenvalue weighted by atomic mass is 16.1. The summed E-state index contributed by atoms with van der Waals surface area (Å²) in [6, 6.07) is 24.5. The highest BCUT2D eigenvalue weighted by molar-refractivity contribution is 5.79. The number of rotatable bonds is 6. The van der Waals surface area contributed by atoms with Crippen LogP contribution in [-0.4, -0.2) is 33.5 Å². The van der Waals surface area contributed by atoms with Crippen molar-refractivity contribution >= 4 is 5.91 Å². The molecule has 154 valence electrons. The lowest BCUT2D eigenvalue weighted by Gasteiger charge is -2.39. The van der Waals surface area contributed by atoms with Gasteiger partial charge in [0.15, 0.2) is 0 Å². The highest BCUT2D eigenvalue weighted by Gasteiger charge is 2.40. The van der Waals surface area contributed by atoms with Crippen molar-refractivity contribution in [3.8, 4) is 5.69 Å². The summed E-state index contributed by atoms with van der Waals surface area (Å²) in [6.45, 7) is 1.03. The molecule has 2 aromatic carbocycles. The van der Waals surface area contributed by atoms with E-state index in [4.69, 9.17) is 0 Å². The number of hydrogen-bond donors (Lipinski definition) is 1. The molecule has 4 nitrogen and oxygen atoms in total. The largest absolute Gasteiger partial charge is 0.353 e. The number of piperidine rings is 1. The quantitative estimate of drug-likeness (QED) is 0.670. The van der Waals surface area contributed by atoms with E-state index in [2.05, 4.69) is 69.4 Å². The monoisotopic (exact) mass is 399 g/mol. The van der Waals surface area contributed by atoms with E-state index >= 15 is 0 Å². The number of carbonyl (C=O) groups is 1. The second kappa shape index (κ2) is 8.49. The van der Waals surface area contributed by atoms with Gasteiger partial charge >= 0.3 is 0 Å². The number of fused-ring (bicyclic) bond motifs is 2. The predicted octanol–water partition coefficient (Wildman–Crippen LogP) is 4.33. The molecule has 1 N–H and O–H groups in total. The molecule has 2 saturated heterocycles. The third-order valence-corrected chi connectivity index (χ3v) is 6.66. The minimum absolute atomic E-state index is 0.143. The molecule has 5 rings (SSSR count). The standard InChI is InChI=1S/C26H29N3O/c30-26(16-20-8-10-23(11-9-20)28-14-4-5-15-28)27-22-17-24-12-13-25(18-22)29(24)19-21-6-2-1-3-7-21/h1-11,14-15,22,24-25H,12-13,16-19H2,(H,27,30). The molecule has 0 saturated carbocycles. The molecular weight excluding hydrogens is 370 g/mol. The third kappa shape index (κ3) is 4.19. The van der Waals surface area contributed by atoms with Crippen molar-refractivity contribution in [3.63, 3.8) is 0 Å². The molecule has 0 aliphatic carbocycles. The Labute approximate surface area is 178 Å². The van der Waals surface area contributed by atoms with Crippen molar-refractivity contribution in [1.29, 1.82) is 0 Å². The molecule has 3 heterocycles. The van der Waals surface area contributed by atoms with Gasteiger partial charge in [-0.15, -0.1) is 0 Å². The van der Waals surface area contributed by atoms with E-state index in [-0.39, 0.29) is 5.91 Å². The molecule has 0 spiro atoms. The zero-order valence-corrected chi connectivity index (χ0v) is 17.3. The van der Waals surface area contributed by atoms with Gasteiger partial charge in [-0.2, -0.15) is 0 Å². The van der Waals surface area contributed by atoms with Gasteiger partial charge in [-0.1, -0.05) is 42.5 Å². The van der Waals surface area contributed by atoms with Crippen molar-refractivity contribution in [1.82, 2.24) is 14.8 Å². The average molecular weight is 400 g/mol. The van der Waals surface area contributed by atoms with Crippen LogP contribution < -0.4 is 5.32 Å². The fourth-order valence-corrected chi connectivity index (χ4v) is 5.20. The van der Waals surface area contributed by atoms with Crippen LogP contribution in [0.1, 0.15) is 36.8 Å². The first-order valence-corrected chi connectivity index (χ1v) is 11.1. The second-order valence-electron chi connectivity index (χ2n) is 8.71.